The Morgan fingerprint density at radius 2 is 1.63 bits per heavy atom. The minimum Gasteiger partial charge on any atom is -0.335 e. The molecule has 1 aromatic rings. The number of nitrogens with zero attached hydrogens (tertiary/aromatic N) is 2. The predicted molar refractivity (Wildman–Crippen MR) is 120 cm³/mol. The molecule has 1 amide bonds. The van der Waals surface area contributed by atoms with Crippen molar-refractivity contribution in [3.63, 3.8) is 0 Å². The van der Waals surface area contributed by atoms with Gasteiger partial charge in [0, 0.05) is 24.7 Å². The molecule has 1 aliphatic heterocycles. The molecule has 5 nitrogen and oxygen atoms in total. The molecule has 1 saturated heterocycles. The number of amides is 1. The minimum absolute atomic E-state index is 0.128. The zero-order chi connectivity index (χ0) is 21.3. The molecular formula is C24H36N2O3S. The van der Waals surface area contributed by atoms with E-state index in [9.17, 15) is 13.2 Å². The van der Waals surface area contributed by atoms with Crippen LogP contribution in [0.3, 0.4) is 0 Å². The molecule has 30 heavy (non-hydrogen) atoms. The van der Waals surface area contributed by atoms with Gasteiger partial charge < -0.3 is 4.90 Å². The summed E-state index contributed by atoms with van der Waals surface area (Å²) in [4.78, 5) is 17.8. The van der Waals surface area contributed by atoms with E-state index in [1.54, 1.807) is 0 Å². The molecule has 2 saturated carbocycles. The van der Waals surface area contributed by atoms with Crippen molar-refractivity contribution in [3.8, 4) is 0 Å². The monoisotopic (exact) mass is 432 g/mol. The summed E-state index contributed by atoms with van der Waals surface area (Å²) in [5, 5.41) is 0. The van der Waals surface area contributed by atoms with E-state index >= 15 is 0 Å². The summed E-state index contributed by atoms with van der Waals surface area (Å²) in [5.74, 6) is 1.02. The fraction of sp³-hybridized carbons (Fsp3) is 0.708. The van der Waals surface area contributed by atoms with Gasteiger partial charge in [0.05, 0.1) is 18.1 Å². The van der Waals surface area contributed by atoms with E-state index in [1.165, 1.54) is 11.1 Å². The quantitative estimate of drug-likeness (QED) is 0.628. The van der Waals surface area contributed by atoms with Gasteiger partial charge >= 0.3 is 0 Å². The summed E-state index contributed by atoms with van der Waals surface area (Å²) in [5.41, 5.74) is 2.58. The Labute approximate surface area is 181 Å². The van der Waals surface area contributed by atoms with Crippen molar-refractivity contribution in [1.29, 1.82) is 0 Å². The van der Waals surface area contributed by atoms with Crippen molar-refractivity contribution in [2.24, 2.45) is 0 Å². The smallest absolute Gasteiger partial charge is 0.237 e. The maximum Gasteiger partial charge on any atom is 0.237 e. The summed E-state index contributed by atoms with van der Waals surface area (Å²) in [7, 11) is -3.00. The van der Waals surface area contributed by atoms with Crippen LogP contribution < -0.4 is 0 Å². The molecular weight excluding hydrogens is 396 g/mol. The highest BCUT2D eigenvalue weighted by Crippen LogP contribution is 2.32. The largest absolute Gasteiger partial charge is 0.335 e. The standard InChI is InChI=1S/C24H36N2O3S/c1-18(2)20-9-7-19(8-10-20)15-25(21-11-12-21)16-24(27)26(22-5-3-4-6-22)23-13-14-30(28,29)17-23/h7-10,18,21-23H,3-6,11-17H2,1-2H3/t23-/m1/s1. The molecule has 0 bridgehead atoms. The van der Waals surface area contributed by atoms with Gasteiger partial charge in [-0.1, -0.05) is 51.0 Å². The van der Waals surface area contributed by atoms with Crippen molar-refractivity contribution in [1.82, 2.24) is 9.80 Å². The second-order valence-corrected chi connectivity index (χ2v) is 12.1. The molecule has 0 aromatic heterocycles. The van der Waals surface area contributed by atoms with Crippen molar-refractivity contribution >= 4 is 15.7 Å². The summed E-state index contributed by atoms with van der Waals surface area (Å²) < 4.78 is 24.2. The fourth-order valence-corrected chi connectivity index (χ4v) is 6.85. The van der Waals surface area contributed by atoms with Crippen LogP contribution in [0.5, 0.6) is 0 Å². The maximum absolute atomic E-state index is 13.5. The number of hydrogen-bond donors (Lipinski definition) is 0. The van der Waals surface area contributed by atoms with Crippen molar-refractivity contribution in [2.45, 2.75) is 89.4 Å². The Bertz CT molecular complexity index is 840. The zero-order valence-electron chi connectivity index (χ0n) is 18.4. The first-order chi connectivity index (χ1) is 14.3. The van der Waals surface area contributed by atoms with Crippen LogP contribution in [0.1, 0.15) is 75.8 Å². The van der Waals surface area contributed by atoms with Crippen molar-refractivity contribution in [3.05, 3.63) is 35.4 Å². The lowest BCUT2D eigenvalue weighted by Crippen LogP contribution is -2.50. The van der Waals surface area contributed by atoms with Gasteiger partial charge in [0.25, 0.3) is 0 Å². The summed E-state index contributed by atoms with van der Waals surface area (Å²) in [6, 6.07) is 9.35. The molecule has 0 spiro atoms. The van der Waals surface area contributed by atoms with Gasteiger partial charge in [0.2, 0.25) is 5.91 Å². The highest BCUT2D eigenvalue weighted by Gasteiger charge is 2.40. The lowest BCUT2D eigenvalue weighted by Gasteiger charge is -2.36. The average molecular weight is 433 g/mol. The molecule has 3 fully saturated rings. The molecule has 1 heterocycles. The highest BCUT2D eigenvalue weighted by molar-refractivity contribution is 7.91. The van der Waals surface area contributed by atoms with E-state index in [1.807, 2.05) is 4.90 Å². The molecule has 1 atom stereocenters. The van der Waals surface area contributed by atoms with E-state index in [2.05, 4.69) is 43.0 Å². The fourth-order valence-electron chi connectivity index (χ4n) is 5.13. The van der Waals surface area contributed by atoms with Crippen LogP contribution >= 0.6 is 0 Å². The van der Waals surface area contributed by atoms with Gasteiger partial charge in [-0.3, -0.25) is 9.69 Å². The Morgan fingerprint density at radius 3 is 2.17 bits per heavy atom. The molecule has 0 radical (unpaired) electrons. The molecule has 3 aliphatic rings. The van der Waals surface area contributed by atoms with Crippen LogP contribution in [-0.2, 0) is 21.2 Å². The lowest BCUT2D eigenvalue weighted by molar-refractivity contribution is -0.137. The van der Waals surface area contributed by atoms with Crippen LogP contribution in [0.4, 0.5) is 0 Å². The van der Waals surface area contributed by atoms with E-state index in [0.29, 0.717) is 24.9 Å². The third kappa shape index (κ3) is 5.25. The first-order valence-electron chi connectivity index (χ1n) is 11.7. The third-order valence-electron chi connectivity index (χ3n) is 7.04. The minimum atomic E-state index is -3.00. The van der Waals surface area contributed by atoms with E-state index in [0.717, 1.165) is 45.1 Å². The Kier molecular flexibility index (Phi) is 6.54. The SMILES string of the molecule is CC(C)c1ccc(CN(CC(=O)N(C2CCCC2)[C@@H]2CCS(=O)(=O)C2)C2CC2)cc1. The van der Waals surface area contributed by atoms with Gasteiger partial charge in [-0.2, -0.15) is 0 Å². The van der Waals surface area contributed by atoms with E-state index in [4.69, 9.17) is 0 Å². The molecule has 2 aliphatic carbocycles. The van der Waals surface area contributed by atoms with E-state index in [-0.39, 0.29) is 29.5 Å². The molecule has 0 unspecified atom stereocenters. The third-order valence-corrected chi connectivity index (χ3v) is 8.79. The van der Waals surface area contributed by atoms with Gasteiger partial charge in [-0.25, -0.2) is 8.42 Å². The average Bonchev–Trinajstić information content (AvgIpc) is 3.30. The highest BCUT2D eigenvalue weighted by atomic mass is 32.2. The van der Waals surface area contributed by atoms with Crippen LogP contribution in [0.15, 0.2) is 24.3 Å². The van der Waals surface area contributed by atoms with Gasteiger partial charge in [-0.15, -0.1) is 0 Å². The van der Waals surface area contributed by atoms with Crippen LogP contribution in [0.2, 0.25) is 0 Å². The predicted octanol–water partition coefficient (Wildman–Crippen LogP) is 3.73. The number of carbonyl (C=O) groups excluding carboxylic acids is 1. The van der Waals surface area contributed by atoms with Gasteiger partial charge in [-0.05, 0) is 49.1 Å². The second-order valence-electron chi connectivity index (χ2n) is 9.83. The van der Waals surface area contributed by atoms with Crippen LogP contribution in [-0.4, -0.2) is 60.3 Å². The normalized spacial score (nSPS) is 24.1. The molecule has 0 N–H and O–H groups in total. The van der Waals surface area contributed by atoms with Crippen molar-refractivity contribution in [2.75, 3.05) is 18.1 Å². The molecule has 1 aromatic carbocycles. The van der Waals surface area contributed by atoms with Gasteiger partial charge in [0.1, 0.15) is 0 Å². The molecule has 166 valence electrons. The zero-order valence-corrected chi connectivity index (χ0v) is 19.2. The number of carbonyl (C=O) groups is 1. The van der Waals surface area contributed by atoms with E-state index < -0.39 is 9.84 Å². The van der Waals surface area contributed by atoms with Crippen LogP contribution in [0, 0.1) is 0 Å². The Morgan fingerprint density at radius 1 is 0.967 bits per heavy atom. The number of hydrogen-bond acceptors (Lipinski definition) is 4. The lowest BCUT2D eigenvalue weighted by atomic mass is 10.0. The topological polar surface area (TPSA) is 57.7 Å². The Balaban J connectivity index is 1.46. The Hall–Kier alpha value is -1.40. The van der Waals surface area contributed by atoms with Gasteiger partial charge in [0.15, 0.2) is 9.84 Å². The second kappa shape index (κ2) is 8.99. The maximum atomic E-state index is 13.5. The van der Waals surface area contributed by atoms with Crippen molar-refractivity contribution < 1.29 is 13.2 Å². The van der Waals surface area contributed by atoms with Crippen LogP contribution in [0.25, 0.3) is 0 Å². The molecule has 6 heteroatoms. The number of rotatable bonds is 8. The summed E-state index contributed by atoms with van der Waals surface area (Å²) in [6.07, 6.45) is 7.22. The summed E-state index contributed by atoms with van der Waals surface area (Å²) >= 11 is 0. The first-order valence-corrected chi connectivity index (χ1v) is 13.5. The number of sulfone groups is 1. The molecule has 4 rings (SSSR count). The summed E-state index contributed by atoms with van der Waals surface area (Å²) in [6.45, 7) is 5.59. The first kappa shape index (κ1) is 21.8. The number of benzene rings is 1.